The number of rotatable bonds is 5. The standard InChI is InChI=1S/C20H19ClN2O3S2/c1-26-20(25)12-2-4-16-14(8-12)15-9-23(7-6-17(15)22-16)19(24)11-27-10-13-3-5-18(21)28-13/h2-5,8,22H,6-7,9-11H2,1H3. The third-order valence-corrected chi connectivity index (χ3v) is 7.23. The third kappa shape index (κ3) is 3.92. The van der Waals surface area contributed by atoms with Crippen molar-refractivity contribution in [3.63, 3.8) is 0 Å². The molecule has 0 bridgehead atoms. The number of thioether (sulfide) groups is 1. The summed E-state index contributed by atoms with van der Waals surface area (Å²) in [6, 6.07) is 9.39. The van der Waals surface area contributed by atoms with Gasteiger partial charge in [0.1, 0.15) is 0 Å². The number of nitrogens with one attached hydrogen (secondary N) is 1. The fourth-order valence-corrected chi connectivity index (χ4v) is 5.56. The number of methoxy groups -OCH3 is 1. The quantitative estimate of drug-likeness (QED) is 0.601. The molecule has 1 N–H and O–H groups in total. The van der Waals surface area contributed by atoms with E-state index in [-0.39, 0.29) is 11.9 Å². The van der Waals surface area contributed by atoms with Crippen LogP contribution in [0.4, 0.5) is 0 Å². The van der Waals surface area contributed by atoms with Crippen LogP contribution in [0.1, 0.15) is 26.5 Å². The molecule has 3 heterocycles. The fraction of sp³-hybridized carbons (Fsp3) is 0.300. The van der Waals surface area contributed by atoms with Crippen molar-refractivity contribution in [3.05, 3.63) is 56.4 Å². The maximum Gasteiger partial charge on any atom is 0.337 e. The van der Waals surface area contributed by atoms with E-state index >= 15 is 0 Å². The Hall–Kier alpha value is -1.96. The summed E-state index contributed by atoms with van der Waals surface area (Å²) in [5.74, 6) is 1.01. The van der Waals surface area contributed by atoms with Crippen LogP contribution in [0, 0.1) is 0 Å². The number of benzene rings is 1. The Balaban J connectivity index is 1.45. The van der Waals surface area contributed by atoms with Crippen molar-refractivity contribution in [1.82, 2.24) is 9.88 Å². The molecule has 0 unspecified atom stereocenters. The summed E-state index contributed by atoms with van der Waals surface area (Å²) in [5, 5.41) is 0.983. The Morgan fingerprint density at radius 1 is 1.32 bits per heavy atom. The van der Waals surface area contributed by atoms with Crippen molar-refractivity contribution in [2.24, 2.45) is 0 Å². The predicted octanol–water partition coefficient (Wildman–Crippen LogP) is 4.49. The first-order valence-corrected chi connectivity index (χ1v) is 11.2. The van der Waals surface area contributed by atoms with Gasteiger partial charge in [0.05, 0.1) is 22.8 Å². The summed E-state index contributed by atoms with van der Waals surface area (Å²) in [6.45, 7) is 1.26. The lowest BCUT2D eigenvalue weighted by Crippen LogP contribution is -2.36. The number of halogens is 1. The first-order valence-electron chi connectivity index (χ1n) is 8.86. The summed E-state index contributed by atoms with van der Waals surface area (Å²) >= 11 is 9.11. The van der Waals surface area contributed by atoms with E-state index in [0.717, 1.165) is 38.7 Å². The molecule has 0 saturated carbocycles. The van der Waals surface area contributed by atoms with E-state index in [1.54, 1.807) is 29.2 Å². The smallest absolute Gasteiger partial charge is 0.337 e. The number of ether oxygens (including phenoxy) is 1. The molecule has 0 saturated heterocycles. The second-order valence-electron chi connectivity index (χ2n) is 6.60. The Labute approximate surface area is 176 Å². The van der Waals surface area contributed by atoms with Gasteiger partial charge in [0.15, 0.2) is 0 Å². The summed E-state index contributed by atoms with van der Waals surface area (Å²) < 4.78 is 5.60. The van der Waals surface area contributed by atoms with E-state index in [2.05, 4.69) is 4.98 Å². The minimum atomic E-state index is -0.356. The van der Waals surface area contributed by atoms with Gasteiger partial charge in [-0.3, -0.25) is 4.79 Å². The molecule has 0 radical (unpaired) electrons. The van der Waals surface area contributed by atoms with Crippen LogP contribution in [0.3, 0.4) is 0 Å². The Morgan fingerprint density at radius 3 is 2.93 bits per heavy atom. The zero-order valence-electron chi connectivity index (χ0n) is 15.3. The van der Waals surface area contributed by atoms with Gasteiger partial charge in [-0.15, -0.1) is 23.1 Å². The van der Waals surface area contributed by atoms with Crippen LogP contribution in [0.5, 0.6) is 0 Å². The zero-order valence-corrected chi connectivity index (χ0v) is 17.7. The number of fused-ring (bicyclic) bond motifs is 3. The number of thiophene rings is 1. The number of carbonyl (C=O) groups excluding carboxylic acids is 2. The maximum absolute atomic E-state index is 12.7. The Bertz CT molecular complexity index is 1040. The number of H-pyrrole nitrogens is 1. The van der Waals surface area contributed by atoms with Gasteiger partial charge in [0, 0.05) is 52.3 Å². The summed E-state index contributed by atoms with van der Waals surface area (Å²) in [6.07, 6.45) is 0.786. The van der Waals surface area contributed by atoms with Gasteiger partial charge in [-0.25, -0.2) is 4.79 Å². The van der Waals surface area contributed by atoms with Crippen LogP contribution >= 0.6 is 34.7 Å². The van der Waals surface area contributed by atoms with Crippen LogP contribution in [-0.4, -0.2) is 41.2 Å². The maximum atomic E-state index is 12.7. The van der Waals surface area contributed by atoms with E-state index < -0.39 is 0 Å². The number of esters is 1. The molecule has 146 valence electrons. The van der Waals surface area contributed by atoms with E-state index in [1.807, 2.05) is 29.2 Å². The lowest BCUT2D eigenvalue weighted by atomic mass is 10.0. The van der Waals surface area contributed by atoms with Gasteiger partial charge in [0.2, 0.25) is 5.91 Å². The molecule has 2 aromatic heterocycles. The SMILES string of the molecule is COC(=O)c1ccc2[nH]c3c(c2c1)CN(C(=O)CSCc1ccc(Cl)s1)CC3. The molecule has 1 aliphatic rings. The largest absolute Gasteiger partial charge is 0.465 e. The van der Waals surface area contributed by atoms with Crippen molar-refractivity contribution < 1.29 is 14.3 Å². The lowest BCUT2D eigenvalue weighted by molar-refractivity contribution is -0.129. The average Bonchev–Trinajstić information content (AvgIpc) is 3.29. The lowest BCUT2D eigenvalue weighted by Gasteiger charge is -2.27. The monoisotopic (exact) mass is 434 g/mol. The molecule has 0 spiro atoms. The molecular weight excluding hydrogens is 416 g/mol. The number of carbonyl (C=O) groups is 2. The minimum absolute atomic E-state index is 0.136. The molecule has 8 heteroatoms. The summed E-state index contributed by atoms with van der Waals surface area (Å²) in [7, 11) is 1.38. The molecule has 3 aromatic rings. The molecule has 1 aliphatic heterocycles. The number of hydrogen-bond acceptors (Lipinski definition) is 5. The van der Waals surface area contributed by atoms with Crippen LogP contribution in [0.2, 0.25) is 4.34 Å². The van der Waals surface area contributed by atoms with Crippen molar-refractivity contribution in [3.8, 4) is 0 Å². The van der Waals surface area contributed by atoms with Gasteiger partial charge < -0.3 is 14.6 Å². The zero-order chi connectivity index (χ0) is 19.7. The average molecular weight is 435 g/mol. The molecule has 1 amide bonds. The highest BCUT2D eigenvalue weighted by molar-refractivity contribution is 7.99. The topological polar surface area (TPSA) is 62.4 Å². The second-order valence-corrected chi connectivity index (χ2v) is 9.38. The summed E-state index contributed by atoms with van der Waals surface area (Å²) in [4.78, 5) is 31.0. The summed E-state index contributed by atoms with van der Waals surface area (Å²) in [5.41, 5.74) is 3.73. The highest BCUT2D eigenvalue weighted by atomic mass is 35.5. The second kappa shape index (κ2) is 8.19. The van der Waals surface area contributed by atoms with Crippen LogP contribution in [0.25, 0.3) is 10.9 Å². The van der Waals surface area contributed by atoms with E-state index in [1.165, 1.54) is 12.0 Å². The van der Waals surface area contributed by atoms with Crippen LogP contribution in [0.15, 0.2) is 30.3 Å². The first-order chi connectivity index (χ1) is 13.5. The first kappa shape index (κ1) is 19.4. The van der Waals surface area contributed by atoms with Gasteiger partial charge in [-0.05, 0) is 30.3 Å². The molecule has 4 rings (SSSR count). The Morgan fingerprint density at radius 2 is 2.18 bits per heavy atom. The third-order valence-electron chi connectivity index (χ3n) is 4.85. The van der Waals surface area contributed by atoms with E-state index in [4.69, 9.17) is 16.3 Å². The molecule has 0 fully saturated rings. The fourth-order valence-electron chi connectivity index (χ4n) is 3.43. The number of aromatic nitrogens is 1. The number of aromatic amines is 1. The van der Waals surface area contributed by atoms with Crippen molar-refractivity contribution in [1.29, 1.82) is 0 Å². The van der Waals surface area contributed by atoms with Gasteiger partial charge >= 0.3 is 5.97 Å². The number of amides is 1. The molecule has 0 aliphatic carbocycles. The number of hydrogen-bond donors (Lipinski definition) is 1. The van der Waals surface area contributed by atoms with Crippen LogP contribution < -0.4 is 0 Å². The van der Waals surface area contributed by atoms with Gasteiger partial charge in [-0.1, -0.05) is 11.6 Å². The van der Waals surface area contributed by atoms with E-state index in [9.17, 15) is 9.59 Å². The molecule has 28 heavy (non-hydrogen) atoms. The van der Waals surface area contributed by atoms with E-state index in [0.29, 0.717) is 24.4 Å². The number of nitrogens with zero attached hydrogens (tertiary/aromatic N) is 1. The predicted molar refractivity (Wildman–Crippen MR) is 114 cm³/mol. The van der Waals surface area contributed by atoms with Gasteiger partial charge in [0.25, 0.3) is 0 Å². The highest BCUT2D eigenvalue weighted by Gasteiger charge is 2.24. The van der Waals surface area contributed by atoms with Gasteiger partial charge in [-0.2, -0.15) is 0 Å². The van der Waals surface area contributed by atoms with Crippen molar-refractivity contribution in [2.75, 3.05) is 19.4 Å². The van der Waals surface area contributed by atoms with Crippen molar-refractivity contribution in [2.45, 2.75) is 18.7 Å². The molecule has 0 atom stereocenters. The van der Waals surface area contributed by atoms with Crippen LogP contribution in [-0.2, 0) is 28.2 Å². The highest BCUT2D eigenvalue weighted by Crippen LogP contribution is 2.30. The molecule has 1 aromatic carbocycles. The molecular formula is C20H19ClN2O3S2. The normalized spacial score (nSPS) is 13.6. The Kier molecular flexibility index (Phi) is 5.66. The minimum Gasteiger partial charge on any atom is -0.465 e. The molecule has 5 nitrogen and oxygen atoms in total. The van der Waals surface area contributed by atoms with Crippen molar-refractivity contribution >= 4 is 57.5 Å².